The average molecular weight is 428 g/mol. The first-order valence-electron chi connectivity index (χ1n) is 10.8. The molecule has 1 aliphatic carbocycles. The van der Waals surface area contributed by atoms with Gasteiger partial charge in [-0.2, -0.15) is 5.26 Å². The van der Waals surface area contributed by atoms with Crippen molar-refractivity contribution in [1.82, 2.24) is 24.6 Å². The molecule has 1 saturated carbocycles. The zero-order valence-electron chi connectivity index (χ0n) is 18.1. The molecule has 8 heteroatoms. The third-order valence-electron chi connectivity index (χ3n) is 6.49. The van der Waals surface area contributed by atoms with E-state index in [1.54, 1.807) is 36.5 Å². The number of amides is 1. The van der Waals surface area contributed by atoms with E-state index < -0.39 is 0 Å². The number of H-pyrrole nitrogens is 1. The predicted molar refractivity (Wildman–Crippen MR) is 120 cm³/mol. The van der Waals surface area contributed by atoms with Gasteiger partial charge in [-0.15, -0.1) is 0 Å². The third-order valence-corrected chi connectivity index (χ3v) is 6.49. The molecule has 3 heterocycles. The summed E-state index contributed by atoms with van der Waals surface area (Å²) in [5.41, 5.74) is 2.94. The Balaban J connectivity index is 1.31. The molecule has 0 radical (unpaired) electrons. The van der Waals surface area contributed by atoms with Gasteiger partial charge in [0.25, 0.3) is 11.5 Å². The zero-order valence-corrected chi connectivity index (χ0v) is 18.1. The number of aromatic nitrogens is 3. The second-order valence-corrected chi connectivity index (χ2v) is 8.63. The lowest BCUT2D eigenvalue weighted by Gasteiger charge is -2.44. The van der Waals surface area contributed by atoms with Gasteiger partial charge >= 0.3 is 0 Å². The molecule has 2 fully saturated rings. The Morgan fingerprint density at radius 1 is 1.19 bits per heavy atom. The maximum Gasteiger partial charge on any atom is 0.280 e. The van der Waals surface area contributed by atoms with Crippen molar-refractivity contribution in [3.8, 4) is 23.0 Å². The molecule has 1 aromatic carbocycles. The van der Waals surface area contributed by atoms with Crippen LogP contribution in [-0.4, -0.2) is 62.7 Å². The summed E-state index contributed by atoms with van der Waals surface area (Å²) in [6.45, 7) is 3.36. The summed E-state index contributed by atoms with van der Waals surface area (Å²) in [5.74, 6) is 0.385. The van der Waals surface area contributed by atoms with E-state index in [4.69, 9.17) is 5.26 Å². The van der Waals surface area contributed by atoms with Gasteiger partial charge in [0, 0.05) is 37.6 Å². The Kier molecular flexibility index (Phi) is 4.91. The Labute approximate surface area is 185 Å². The molecule has 2 aromatic heterocycles. The summed E-state index contributed by atoms with van der Waals surface area (Å²) in [4.78, 5) is 34.3. The normalized spacial score (nSPS) is 16.1. The summed E-state index contributed by atoms with van der Waals surface area (Å²) in [6, 6.07) is 11.9. The molecule has 32 heavy (non-hydrogen) atoms. The highest BCUT2D eigenvalue weighted by Gasteiger charge is 2.39. The van der Waals surface area contributed by atoms with E-state index in [-0.39, 0.29) is 11.5 Å². The lowest BCUT2D eigenvalue weighted by Crippen LogP contribution is -2.60. The van der Waals surface area contributed by atoms with E-state index in [1.165, 1.54) is 23.7 Å². The molecule has 0 unspecified atom stereocenters. The molecule has 1 amide bonds. The predicted octanol–water partition coefficient (Wildman–Crippen LogP) is 2.33. The van der Waals surface area contributed by atoms with Crippen molar-refractivity contribution in [2.45, 2.75) is 31.8 Å². The molecule has 1 aliphatic heterocycles. The van der Waals surface area contributed by atoms with Gasteiger partial charge in [0.2, 0.25) is 0 Å². The molecule has 0 atom stereocenters. The highest BCUT2D eigenvalue weighted by Crippen LogP contribution is 2.30. The molecular formula is C24H24N6O2. The van der Waals surface area contributed by atoms with E-state index in [0.717, 1.165) is 24.2 Å². The minimum absolute atomic E-state index is 0.0303. The summed E-state index contributed by atoms with van der Waals surface area (Å²) >= 11 is 0. The number of nitriles is 1. The molecule has 0 spiro atoms. The van der Waals surface area contributed by atoms with Crippen LogP contribution in [0.25, 0.3) is 16.9 Å². The fourth-order valence-corrected chi connectivity index (χ4v) is 4.25. The van der Waals surface area contributed by atoms with Crippen molar-refractivity contribution in [3.05, 3.63) is 69.8 Å². The molecule has 8 nitrogen and oxygen atoms in total. The Morgan fingerprint density at radius 3 is 2.59 bits per heavy atom. The van der Waals surface area contributed by atoms with Gasteiger partial charge in [0.1, 0.15) is 0 Å². The third kappa shape index (κ3) is 3.51. The molecule has 1 N–H and O–H groups in total. The van der Waals surface area contributed by atoms with Crippen LogP contribution in [0.3, 0.4) is 0 Å². The first-order valence-corrected chi connectivity index (χ1v) is 10.8. The summed E-state index contributed by atoms with van der Waals surface area (Å²) in [7, 11) is 2.14. The van der Waals surface area contributed by atoms with Gasteiger partial charge < -0.3 is 4.90 Å². The second-order valence-electron chi connectivity index (χ2n) is 8.63. The number of likely N-dealkylation sites (tertiary alicyclic amines) is 1. The van der Waals surface area contributed by atoms with Crippen LogP contribution in [0.4, 0.5) is 0 Å². The fraction of sp³-hybridized carbons (Fsp3) is 0.333. The number of carbonyl (C=O) groups is 1. The van der Waals surface area contributed by atoms with Crippen LogP contribution in [0, 0.1) is 18.3 Å². The maximum atomic E-state index is 13.0. The first-order chi connectivity index (χ1) is 15.5. The molecule has 162 valence electrons. The highest BCUT2D eigenvalue weighted by atomic mass is 16.2. The quantitative estimate of drug-likeness (QED) is 0.673. The molecule has 3 aromatic rings. The van der Waals surface area contributed by atoms with Gasteiger partial charge in [0.15, 0.2) is 5.82 Å². The lowest BCUT2D eigenvalue weighted by atomic mass is 10.0. The largest absolute Gasteiger partial charge is 0.335 e. The van der Waals surface area contributed by atoms with Gasteiger partial charge in [0.05, 0.1) is 22.8 Å². The molecule has 0 bridgehead atoms. The minimum atomic E-state index is -0.238. The van der Waals surface area contributed by atoms with Crippen LogP contribution >= 0.6 is 0 Å². The average Bonchev–Trinajstić information content (AvgIpc) is 3.55. The number of rotatable bonds is 5. The number of nitrogens with one attached hydrogen (secondary N) is 1. The number of aromatic amines is 1. The van der Waals surface area contributed by atoms with Crippen molar-refractivity contribution in [2.24, 2.45) is 0 Å². The summed E-state index contributed by atoms with van der Waals surface area (Å²) in [6.07, 6.45) is 5.68. The van der Waals surface area contributed by atoms with Crippen LogP contribution in [0.2, 0.25) is 0 Å². The fourth-order valence-electron chi connectivity index (χ4n) is 4.25. The van der Waals surface area contributed by atoms with Crippen molar-refractivity contribution in [2.75, 3.05) is 20.1 Å². The SMILES string of the molecule is Cc1cc(C#N)ccc1-c1c[nH]n(-c2ccc(C(=O)N3CC(N(C)C4CC4)C3)cn2)c1=O. The number of hydrogen-bond donors (Lipinski definition) is 1. The smallest absolute Gasteiger partial charge is 0.280 e. The topological polar surface area (TPSA) is 98.0 Å². The molecule has 2 aliphatic rings. The Hall–Kier alpha value is -3.70. The van der Waals surface area contributed by atoms with Gasteiger partial charge in [-0.05, 0) is 62.2 Å². The second kappa shape index (κ2) is 7.77. The van der Waals surface area contributed by atoms with Gasteiger partial charge in [-0.25, -0.2) is 9.67 Å². The van der Waals surface area contributed by atoms with Gasteiger partial charge in [-0.3, -0.25) is 19.6 Å². The first kappa shape index (κ1) is 20.2. The standard InChI is InChI=1S/C24H24N6O2/c1-15-9-16(10-25)3-7-20(15)21-12-27-30(24(21)32)22-8-4-17(11-26-22)23(31)29-13-19(14-29)28(2)18-5-6-18/h3-4,7-9,11-12,18-19,27H,5-6,13-14H2,1-2H3. The van der Waals surface area contributed by atoms with E-state index in [1.807, 2.05) is 11.8 Å². The van der Waals surface area contributed by atoms with Crippen LogP contribution in [0.1, 0.15) is 34.3 Å². The van der Waals surface area contributed by atoms with E-state index >= 15 is 0 Å². The maximum absolute atomic E-state index is 13.0. The number of pyridine rings is 1. The van der Waals surface area contributed by atoms with Crippen LogP contribution < -0.4 is 5.56 Å². The van der Waals surface area contributed by atoms with Gasteiger partial charge in [-0.1, -0.05) is 6.07 Å². The highest BCUT2D eigenvalue weighted by molar-refractivity contribution is 5.94. The molecular weight excluding hydrogens is 404 g/mol. The van der Waals surface area contributed by atoms with Crippen LogP contribution in [-0.2, 0) is 0 Å². The zero-order chi connectivity index (χ0) is 22.4. The number of likely N-dealkylation sites (N-methyl/N-ethyl adjacent to an activating group) is 1. The van der Waals surface area contributed by atoms with E-state index in [0.29, 0.717) is 34.6 Å². The Morgan fingerprint density at radius 2 is 1.97 bits per heavy atom. The number of aryl methyl sites for hydroxylation is 1. The molecule has 1 saturated heterocycles. The number of carbonyl (C=O) groups excluding carboxylic acids is 1. The van der Waals surface area contributed by atoms with Crippen molar-refractivity contribution in [3.63, 3.8) is 0 Å². The van der Waals surface area contributed by atoms with Crippen LogP contribution in [0.5, 0.6) is 0 Å². The van der Waals surface area contributed by atoms with Crippen molar-refractivity contribution in [1.29, 1.82) is 5.26 Å². The van der Waals surface area contributed by atoms with Crippen molar-refractivity contribution >= 4 is 5.91 Å². The van der Waals surface area contributed by atoms with Crippen LogP contribution in [0.15, 0.2) is 47.5 Å². The van der Waals surface area contributed by atoms with E-state index in [2.05, 4.69) is 28.1 Å². The number of nitrogens with zero attached hydrogens (tertiary/aromatic N) is 5. The van der Waals surface area contributed by atoms with Crippen molar-refractivity contribution < 1.29 is 4.79 Å². The molecule has 5 rings (SSSR count). The number of hydrogen-bond acceptors (Lipinski definition) is 5. The Bertz CT molecular complexity index is 1270. The summed E-state index contributed by atoms with van der Waals surface area (Å²) in [5, 5.41) is 12.0. The lowest BCUT2D eigenvalue weighted by molar-refractivity contribution is 0.0319. The minimum Gasteiger partial charge on any atom is -0.335 e. The monoisotopic (exact) mass is 428 g/mol. The van der Waals surface area contributed by atoms with E-state index in [9.17, 15) is 9.59 Å². The number of benzene rings is 1. The summed E-state index contributed by atoms with van der Waals surface area (Å²) < 4.78 is 1.35.